The molecule has 1 atom stereocenters. The maximum absolute atomic E-state index is 12.9. The molecule has 1 amide bonds. The summed E-state index contributed by atoms with van der Waals surface area (Å²) in [4.78, 5) is 19.4. The van der Waals surface area contributed by atoms with Crippen molar-refractivity contribution in [2.45, 2.75) is 45.1 Å². The first-order chi connectivity index (χ1) is 12.1. The predicted molar refractivity (Wildman–Crippen MR) is 99.3 cm³/mol. The van der Waals surface area contributed by atoms with E-state index in [9.17, 15) is 9.90 Å². The Labute approximate surface area is 149 Å². The molecule has 1 N–H and O–H groups in total. The Hall–Kier alpha value is -2.20. The molecule has 1 aliphatic rings. The molecular formula is C21H26N2O2. The van der Waals surface area contributed by atoms with Crippen LogP contribution in [0.4, 0.5) is 0 Å². The van der Waals surface area contributed by atoms with Gasteiger partial charge in [0.2, 0.25) is 0 Å². The zero-order chi connectivity index (χ0) is 17.6. The van der Waals surface area contributed by atoms with Gasteiger partial charge in [0.05, 0.1) is 17.5 Å². The molecule has 1 fully saturated rings. The average molecular weight is 338 g/mol. The van der Waals surface area contributed by atoms with Gasteiger partial charge in [-0.15, -0.1) is 0 Å². The van der Waals surface area contributed by atoms with Crippen molar-refractivity contribution in [3.8, 4) is 11.3 Å². The Kier molecular flexibility index (Phi) is 5.82. The summed E-state index contributed by atoms with van der Waals surface area (Å²) in [6.07, 6.45) is 5.26. The van der Waals surface area contributed by atoms with E-state index >= 15 is 0 Å². The third-order valence-corrected chi connectivity index (χ3v) is 4.75. The van der Waals surface area contributed by atoms with Crippen molar-refractivity contribution in [2.75, 3.05) is 13.1 Å². The summed E-state index contributed by atoms with van der Waals surface area (Å²) in [6.45, 7) is 3.39. The van der Waals surface area contributed by atoms with E-state index in [2.05, 4.69) is 4.98 Å². The monoisotopic (exact) mass is 338 g/mol. The number of carbonyl (C=O) groups excluding carboxylic acids is 1. The van der Waals surface area contributed by atoms with Crippen LogP contribution in [0.15, 0.2) is 42.5 Å². The second-order valence-corrected chi connectivity index (χ2v) is 6.76. The van der Waals surface area contributed by atoms with Crippen LogP contribution in [-0.2, 0) is 0 Å². The molecule has 2 heterocycles. The second kappa shape index (κ2) is 8.26. The first-order valence-corrected chi connectivity index (χ1v) is 9.20. The van der Waals surface area contributed by atoms with E-state index in [1.807, 2.05) is 47.4 Å². The number of hydrogen-bond acceptors (Lipinski definition) is 3. The van der Waals surface area contributed by atoms with E-state index in [-0.39, 0.29) is 5.91 Å². The van der Waals surface area contributed by atoms with E-state index in [1.165, 1.54) is 19.3 Å². The van der Waals surface area contributed by atoms with Gasteiger partial charge in [-0.25, -0.2) is 0 Å². The van der Waals surface area contributed by atoms with Gasteiger partial charge in [0.15, 0.2) is 0 Å². The van der Waals surface area contributed by atoms with Gasteiger partial charge < -0.3 is 10.0 Å². The molecule has 132 valence electrons. The molecule has 0 spiro atoms. The minimum absolute atomic E-state index is 0.107. The third kappa shape index (κ3) is 4.45. The molecule has 1 saturated heterocycles. The molecule has 0 radical (unpaired) electrons. The second-order valence-electron chi connectivity index (χ2n) is 6.76. The van der Waals surface area contributed by atoms with Gasteiger partial charge >= 0.3 is 0 Å². The topological polar surface area (TPSA) is 53.4 Å². The Morgan fingerprint density at radius 2 is 1.72 bits per heavy atom. The zero-order valence-corrected chi connectivity index (χ0v) is 14.8. The minimum atomic E-state index is -0.606. The van der Waals surface area contributed by atoms with Crippen LogP contribution in [-0.4, -0.2) is 34.0 Å². The summed E-state index contributed by atoms with van der Waals surface area (Å²) in [5, 5.41) is 9.73. The lowest BCUT2D eigenvalue weighted by atomic mass is 10.0. The molecule has 2 aromatic rings. The number of carbonyl (C=O) groups is 1. The SMILES string of the molecule is CC(O)c1cccc(-c2cccc(C(=O)N3CCCCCCC3)c2)n1. The highest BCUT2D eigenvalue weighted by atomic mass is 16.3. The number of aliphatic hydroxyl groups is 1. The summed E-state index contributed by atoms with van der Waals surface area (Å²) in [7, 11) is 0. The molecule has 0 saturated carbocycles. The maximum Gasteiger partial charge on any atom is 0.253 e. The van der Waals surface area contributed by atoms with Gasteiger partial charge in [-0.3, -0.25) is 9.78 Å². The number of pyridine rings is 1. The number of rotatable bonds is 3. The van der Waals surface area contributed by atoms with E-state index < -0.39 is 6.10 Å². The van der Waals surface area contributed by atoms with E-state index in [1.54, 1.807) is 6.92 Å². The summed E-state index contributed by atoms with van der Waals surface area (Å²) in [5.74, 6) is 0.107. The molecule has 1 aromatic carbocycles. The fraction of sp³-hybridized carbons (Fsp3) is 0.429. The van der Waals surface area contributed by atoms with Crippen LogP contribution in [0.25, 0.3) is 11.3 Å². The quantitative estimate of drug-likeness (QED) is 0.912. The molecular weight excluding hydrogens is 312 g/mol. The zero-order valence-electron chi connectivity index (χ0n) is 14.8. The van der Waals surface area contributed by atoms with Gasteiger partial charge in [0.1, 0.15) is 0 Å². The number of likely N-dealkylation sites (tertiary alicyclic amines) is 1. The minimum Gasteiger partial charge on any atom is -0.387 e. The Bertz CT molecular complexity index is 719. The first kappa shape index (κ1) is 17.6. The Morgan fingerprint density at radius 3 is 2.44 bits per heavy atom. The highest BCUT2D eigenvalue weighted by molar-refractivity contribution is 5.95. The van der Waals surface area contributed by atoms with Gasteiger partial charge in [-0.05, 0) is 44.0 Å². The van der Waals surface area contributed by atoms with Crippen molar-refractivity contribution in [2.24, 2.45) is 0 Å². The predicted octanol–water partition coefficient (Wildman–Crippen LogP) is 4.21. The van der Waals surface area contributed by atoms with Crippen LogP contribution >= 0.6 is 0 Å². The first-order valence-electron chi connectivity index (χ1n) is 9.20. The van der Waals surface area contributed by atoms with Crippen LogP contribution < -0.4 is 0 Å². The van der Waals surface area contributed by atoms with Crippen LogP contribution in [0.5, 0.6) is 0 Å². The molecule has 0 bridgehead atoms. The van der Waals surface area contributed by atoms with Crippen LogP contribution in [0.2, 0.25) is 0 Å². The van der Waals surface area contributed by atoms with E-state index in [4.69, 9.17) is 0 Å². The van der Waals surface area contributed by atoms with Crippen molar-refractivity contribution in [1.29, 1.82) is 0 Å². The van der Waals surface area contributed by atoms with Crippen molar-refractivity contribution in [3.63, 3.8) is 0 Å². The fourth-order valence-corrected chi connectivity index (χ4v) is 3.29. The average Bonchev–Trinajstić information content (AvgIpc) is 2.61. The number of aromatic nitrogens is 1. The number of benzene rings is 1. The lowest BCUT2D eigenvalue weighted by molar-refractivity contribution is 0.0742. The van der Waals surface area contributed by atoms with E-state index in [0.29, 0.717) is 11.3 Å². The Balaban J connectivity index is 1.83. The van der Waals surface area contributed by atoms with Gasteiger partial charge in [-0.1, -0.05) is 37.5 Å². The fourth-order valence-electron chi connectivity index (χ4n) is 3.29. The number of aliphatic hydroxyl groups excluding tert-OH is 1. The largest absolute Gasteiger partial charge is 0.387 e. The lowest BCUT2D eigenvalue weighted by Gasteiger charge is -2.25. The lowest BCUT2D eigenvalue weighted by Crippen LogP contribution is -2.33. The maximum atomic E-state index is 12.9. The van der Waals surface area contributed by atoms with Gasteiger partial charge in [0.25, 0.3) is 5.91 Å². The van der Waals surface area contributed by atoms with Crippen molar-refractivity contribution in [3.05, 3.63) is 53.7 Å². The molecule has 1 aliphatic heterocycles. The Morgan fingerprint density at radius 1 is 1.04 bits per heavy atom. The normalized spacial score (nSPS) is 16.8. The molecule has 4 nitrogen and oxygen atoms in total. The summed E-state index contributed by atoms with van der Waals surface area (Å²) in [5.41, 5.74) is 3.03. The standard InChI is InChI=1S/C21H26N2O2/c1-16(24)19-11-8-12-20(22-19)17-9-7-10-18(15-17)21(25)23-13-5-3-2-4-6-14-23/h7-12,15-16,24H,2-6,13-14H2,1H3. The molecule has 1 aromatic heterocycles. The van der Waals surface area contributed by atoms with Crippen molar-refractivity contribution >= 4 is 5.91 Å². The van der Waals surface area contributed by atoms with Crippen LogP contribution in [0.3, 0.4) is 0 Å². The summed E-state index contributed by atoms with van der Waals surface area (Å²) >= 11 is 0. The van der Waals surface area contributed by atoms with E-state index in [0.717, 1.165) is 37.2 Å². The van der Waals surface area contributed by atoms with Gasteiger partial charge in [0, 0.05) is 24.2 Å². The molecule has 4 heteroatoms. The number of amides is 1. The smallest absolute Gasteiger partial charge is 0.253 e. The van der Waals surface area contributed by atoms with Crippen LogP contribution in [0.1, 0.15) is 61.2 Å². The molecule has 25 heavy (non-hydrogen) atoms. The summed E-state index contributed by atoms with van der Waals surface area (Å²) < 4.78 is 0. The third-order valence-electron chi connectivity index (χ3n) is 4.75. The van der Waals surface area contributed by atoms with Gasteiger partial charge in [-0.2, -0.15) is 0 Å². The highest BCUT2D eigenvalue weighted by Gasteiger charge is 2.17. The molecule has 1 unspecified atom stereocenters. The number of nitrogens with zero attached hydrogens (tertiary/aromatic N) is 2. The van der Waals surface area contributed by atoms with Crippen molar-refractivity contribution < 1.29 is 9.90 Å². The van der Waals surface area contributed by atoms with Crippen molar-refractivity contribution in [1.82, 2.24) is 9.88 Å². The molecule has 3 rings (SSSR count). The number of hydrogen-bond donors (Lipinski definition) is 1. The molecule has 0 aliphatic carbocycles. The summed E-state index contributed by atoms with van der Waals surface area (Å²) in [6, 6.07) is 13.3. The highest BCUT2D eigenvalue weighted by Crippen LogP contribution is 2.22. The van der Waals surface area contributed by atoms with Crippen LogP contribution in [0, 0.1) is 0 Å².